The predicted molar refractivity (Wildman–Crippen MR) is 82.2 cm³/mol. The Kier molecular flexibility index (Phi) is 5.01. The maximum atomic E-state index is 12.1. The Morgan fingerprint density at radius 2 is 1.73 bits per heavy atom. The van der Waals surface area contributed by atoms with E-state index in [1.54, 1.807) is 30.3 Å². The summed E-state index contributed by atoms with van der Waals surface area (Å²) in [5.74, 6) is -1.60. The zero-order valence-electron chi connectivity index (χ0n) is 11.5. The number of hydrogen-bond donors (Lipinski definition) is 3. The zero-order valence-corrected chi connectivity index (χ0v) is 12.2. The number of carboxylic acids is 1. The third-order valence-electron chi connectivity index (χ3n) is 3.10. The molecule has 0 radical (unpaired) electrons. The summed E-state index contributed by atoms with van der Waals surface area (Å²) in [5, 5.41) is 21.2. The second kappa shape index (κ2) is 6.95. The van der Waals surface area contributed by atoms with Crippen molar-refractivity contribution in [2.75, 3.05) is 0 Å². The maximum absolute atomic E-state index is 12.1. The normalized spacial score (nSPS) is 11.7. The van der Waals surface area contributed by atoms with Crippen molar-refractivity contribution in [3.05, 3.63) is 64.7 Å². The Morgan fingerprint density at radius 3 is 2.32 bits per heavy atom. The fourth-order valence-corrected chi connectivity index (χ4v) is 2.17. The first kappa shape index (κ1) is 15.9. The van der Waals surface area contributed by atoms with Gasteiger partial charge in [-0.05, 0) is 29.8 Å². The van der Waals surface area contributed by atoms with E-state index in [0.717, 1.165) is 0 Å². The molecule has 114 valence electrons. The lowest BCUT2D eigenvalue weighted by Crippen LogP contribution is -2.42. The number of halogens is 1. The van der Waals surface area contributed by atoms with Gasteiger partial charge < -0.3 is 15.5 Å². The van der Waals surface area contributed by atoms with E-state index in [9.17, 15) is 19.8 Å². The van der Waals surface area contributed by atoms with Crippen molar-refractivity contribution < 1.29 is 19.8 Å². The second-order valence-corrected chi connectivity index (χ2v) is 5.12. The Morgan fingerprint density at radius 1 is 1.09 bits per heavy atom. The molecule has 22 heavy (non-hydrogen) atoms. The van der Waals surface area contributed by atoms with E-state index >= 15 is 0 Å². The first-order valence-electron chi connectivity index (χ1n) is 6.53. The van der Waals surface area contributed by atoms with Crippen LogP contribution in [0.1, 0.15) is 15.9 Å². The third-order valence-corrected chi connectivity index (χ3v) is 3.43. The van der Waals surface area contributed by atoms with Gasteiger partial charge in [-0.2, -0.15) is 0 Å². The van der Waals surface area contributed by atoms with Gasteiger partial charge in [-0.25, -0.2) is 4.79 Å². The molecular weight excluding hydrogens is 306 g/mol. The van der Waals surface area contributed by atoms with E-state index in [4.69, 9.17) is 11.6 Å². The van der Waals surface area contributed by atoms with Crippen molar-refractivity contribution in [3.8, 4) is 5.75 Å². The first-order chi connectivity index (χ1) is 10.5. The Balaban J connectivity index is 2.12. The third kappa shape index (κ3) is 3.99. The first-order valence-corrected chi connectivity index (χ1v) is 6.91. The van der Waals surface area contributed by atoms with Gasteiger partial charge in [0.15, 0.2) is 0 Å². The number of aromatic hydroxyl groups is 1. The molecule has 0 heterocycles. The van der Waals surface area contributed by atoms with Crippen LogP contribution in [0.3, 0.4) is 0 Å². The van der Waals surface area contributed by atoms with Crippen LogP contribution in [-0.2, 0) is 11.2 Å². The van der Waals surface area contributed by atoms with Gasteiger partial charge in [-0.15, -0.1) is 0 Å². The molecule has 0 saturated carbocycles. The summed E-state index contributed by atoms with van der Waals surface area (Å²) in [6.07, 6.45) is 0.103. The fraction of sp³-hybridized carbons (Fsp3) is 0.125. The SMILES string of the molecule is O=C(NC(Cc1ccc(O)cc1)C(=O)O)c1ccccc1Cl. The van der Waals surface area contributed by atoms with E-state index in [0.29, 0.717) is 5.56 Å². The number of aliphatic carboxylic acids is 1. The molecular formula is C16H14ClNO4. The van der Waals surface area contributed by atoms with E-state index in [1.165, 1.54) is 18.2 Å². The average molecular weight is 320 g/mol. The quantitative estimate of drug-likeness (QED) is 0.790. The highest BCUT2D eigenvalue weighted by atomic mass is 35.5. The summed E-state index contributed by atoms with van der Waals surface area (Å²) in [4.78, 5) is 23.5. The van der Waals surface area contributed by atoms with Crippen LogP contribution in [0.4, 0.5) is 0 Å². The smallest absolute Gasteiger partial charge is 0.326 e. The molecule has 1 atom stereocenters. The summed E-state index contributed by atoms with van der Waals surface area (Å²) < 4.78 is 0. The summed E-state index contributed by atoms with van der Waals surface area (Å²) in [6, 6.07) is 11.5. The molecule has 1 unspecified atom stereocenters. The van der Waals surface area contributed by atoms with Crippen LogP contribution in [-0.4, -0.2) is 28.1 Å². The molecule has 0 aromatic heterocycles. The molecule has 1 amide bonds. The Bertz CT molecular complexity index is 685. The highest BCUT2D eigenvalue weighted by Crippen LogP contribution is 2.16. The van der Waals surface area contributed by atoms with Gasteiger partial charge >= 0.3 is 5.97 Å². The molecule has 5 nitrogen and oxygen atoms in total. The number of carbonyl (C=O) groups is 2. The minimum absolute atomic E-state index is 0.0933. The van der Waals surface area contributed by atoms with Crippen molar-refractivity contribution in [2.45, 2.75) is 12.5 Å². The van der Waals surface area contributed by atoms with Crippen molar-refractivity contribution in [1.29, 1.82) is 0 Å². The minimum Gasteiger partial charge on any atom is -0.508 e. The molecule has 0 bridgehead atoms. The minimum atomic E-state index is -1.14. The monoisotopic (exact) mass is 319 g/mol. The van der Waals surface area contributed by atoms with E-state index in [-0.39, 0.29) is 22.8 Å². The highest BCUT2D eigenvalue weighted by Gasteiger charge is 2.22. The number of amides is 1. The molecule has 2 rings (SSSR count). The lowest BCUT2D eigenvalue weighted by atomic mass is 10.1. The number of phenolic OH excluding ortho intramolecular Hbond substituents is 1. The lowest BCUT2D eigenvalue weighted by Gasteiger charge is -2.15. The Labute approximate surface area is 132 Å². The Hall–Kier alpha value is -2.53. The van der Waals surface area contributed by atoms with Crippen LogP contribution in [0.5, 0.6) is 5.75 Å². The zero-order chi connectivity index (χ0) is 16.1. The van der Waals surface area contributed by atoms with Gasteiger partial charge in [0.2, 0.25) is 0 Å². The summed E-state index contributed by atoms with van der Waals surface area (Å²) >= 11 is 5.92. The molecule has 0 aliphatic rings. The molecule has 2 aromatic rings. The molecule has 6 heteroatoms. The molecule has 0 aliphatic carbocycles. The maximum Gasteiger partial charge on any atom is 0.326 e. The fourth-order valence-electron chi connectivity index (χ4n) is 1.95. The van der Waals surface area contributed by atoms with Crippen LogP contribution < -0.4 is 5.32 Å². The average Bonchev–Trinajstić information content (AvgIpc) is 2.49. The predicted octanol–water partition coefficient (Wildman–Crippen LogP) is 2.47. The van der Waals surface area contributed by atoms with Gasteiger partial charge in [-0.3, -0.25) is 4.79 Å². The van der Waals surface area contributed by atoms with Crippen LogP contribution in [0.2, 0.25) is 5.02 Å². The number of rotatable bonds is 5. The van der Waals surface area contributed by atoms with Gasteiger partial charge in [0.05, 0.1) is 10.6 Å². The van der Waals surface area contributed by atoms with Crippen LogP contribution >= 0.6 is 11.6 Å². The number of phenols is 1. The van der Waals surface area contributed by atoms with Gasteiger partial charge in [0, 0.05) is 6.42 Å². The van der Waals surface area contributed by atoms with Crippen LogP contribution in [0, 0.1) is 0 Å². The molecule has 2 aromatic carbocycles. The van der Waals surface area contributed by atoms with Gasteiger partial charge in [0.25, 0.3) is 5.91 Å². The number of carbonyl (C=O) groups excluding carboxylic acids is 1. The molecule has 3 N–H and O–H groups in total. The second-order valence-electron chi connectivity index (χ2n) is 4.71. The van der Waals surface area contributed by atoms with Crippen molar-refractivity contribution in [2.24, 2.45) is 0 Å². The van der Waals surface area contributed by atoms with E-state index < -0.39 is 17.9 Å². The number of hydrogen-bond acceptors (Lipinski definition) is 3. The van der Waals surface area contributed by atoms with E-state index in [1.807, 2.05) is 0 Å². The van der Waals surface area contributed by atoms with Crippen LogP contribution in [0.15, 0.2) is 48.5 Å². The van der Waals surface area contributed by atoms with Crippen molar-refractivity contribution in [1.82, 2.24) is 5.32 Å². The van der Waals surface area contributed by atoms with E-state index in [2.05, 4.69) is 5.32 Å². The summed E-state index contributed by atoms with van der Waals surface area (Å²) in [7, 11) is 0. The molecule has 0 fully saturated rings. The standard InChI is InChI=1S/C16H14ClNO4/c17-13-4-2-1-3-12(13)15(20)18-14(16(21)22)9-10-5-7-11(19)8-6-10/h1-8,14,19H,9H2,(H,18,20)(H,21,22). The summed E-state index contributed by atoms with van der Waals surface area (Å²) in [5.41, 5.74) is 0.908. The molecule has 0 spiro atoms. The van der Waals surface area contributed by atoms with Crippen molar-refractivity contribution in [3.63, 3.8) is 0 Å². The van der Waals surface area contributed by atoms with Gasteiger partial charge in [-0.1, -0.05) is 35.9 Å². The van der Waals surface area contributed by atoms with Crippen LogP contribution in [0.25, 0.3) is 0 Å². The number of nitrogens with one attached hydrogen (secondary N) is 1. The topological polar surface area (TPSA) is 86.6 Å². The van der Waals surface area contributed by atoms with Crippen molar-refractivity contribution >= 4 is 23.5 Å². The van der Waals surface area contributed by atoms with Gasteiger partial charge in [0.1, 0.15) is 11.8 Å². The molecule has 0 aliphatic heterocycles. The number of carboxylic acid groups (broad SMARTS) is 1. The molecule has 0 saturated heterocycles. The lowest BCUT2D eigenvalue weighted by molar-refractivity contribution is -0.139. The summed E-state index contributed by atoms with van der Waals surface area (Å²) in [6.45, 7) is 0. The number of benzene rings is 2. The largest absolute Gasteiger partial charge is 0.508 e. The highest BCUT2D eigenvalue weighted by molar-refractivity contribution is 6.33.